The quantitative estimate of drug-likeness (QED) is 0.637. The van der Waals surface area contributed by atoms with E-state index in [1.54, 1.807) is 6.92 Å². The Morgan fingerprint density at radius 2 is 2.35 bits per heavy atom. The topological polar surface area (TPSA) is 83.5 Å². The van der Waals surface area contributed by atoms with Crippen LogP contribution in [0.2, 0.25) is 0 Å². The molecule has 0 aromatic carbocycles. The Labute approximate surface area is 147 Å². The van der Waals surface area contributed by atoms with Gasteiger partial charge in [0.25, 0.3) is 0 Å². The number of aliphatic carboxylic acids is 1. The van der Waals surface area contributed by atoms with Crippen LogP contribution >= 0.6 is 0 Å². The number of carboxylic acids is 1. The van der Waals surface area contributed by atoms with E-state index >= 15 is 0 Å². The first-order valence-electron chi connectivity index (χ1n) is 10.9. The van der Waals surface area contributed by atoms with E-state index in [1.165, 1.54) is 0 Å². The van der Waals surface area contributed by atoms with Gasteiger partial charge in [0.05, 0.1) is 1.37 Å². The highest BCUT2D eigenvalue weighted by Gasteiger charge is 2.35. The molecule has 0 spiro atoms. The largest absolute Gasteiger partial charge is 0.480 e. The van der Waals surface area contributed by atoms with E-state index in [-0.39, 0.29) is 36.9 Å². The summed E-state index contributed by atoms with van der Waals surface area (Å²) < 4.78 is 44.5. The van der Waals surface area contributed by atoms with Gasteiger partial charge in [0.2, 0.25) is 5.91 Å². The first kappa shape index (κ1) is 11.8. The van der Waals surface area contributed by atoms with Gasteiger partial charge in [-0.2, -0.15) is 0 Å². The van der Waals surface area contributed by atoms with Crippen molar-refractivity contribution in [3.05, 3.63) is 12.1 Å². The molecule has 0 unspecified atom stereocenters. The van der Waals surface area contributed by atoms with Crippen LogP contribution < -0.4 is 5.32 Å². The summed E-state index contributed by atoms with van der Waals surface area (Å²) in [7, 11) is 0. The second-order valence-electron chi connectivity index (χ2n) is 6.05. The summed E-state index contributed by atoms with van der Waals surface area (Å²) >= 11 is 0. The number of ketones is 1. The smallest absolute Gasteiger partial charge is 0.326 e. The molecule has 0 aliphatic heterocycles. The molecular formula is C18H29NO4. The van der Waals surface area contributed by atoms with Crippen LogP contribution in [0.1, 0.15) is 67.4 Å². The second kappa shape index (κ2) is 9.48. The Hall–Kier alpha value is -1.65. The Morgan fingerprint density at radius 3 is 2.96 bits per heavy atom. The van der Waals surface area contributed by atoms with Crippen LogP contribution in [0.15, 0.2) is 12.1 Å². The maximum absolute atomic E-state index is 12.3. The third-order valence-electron chi connectivity index (χ3n) is 4.53. The van der Waals surface area contributed by atoms with Gasteiger partial charge < -0.3 is 10.4 Å². The molecule has 0 heterocycles. The summed E-state index contributed by atoms with van der Waals surface area (Å²) in [6.45, 7) is 0.545. The molecule has 5 nitrogen and oxygen atoms in total. The van der Waals surface area contributed by atoms with Crippen molar-refractivity contribution < 1.29 is 27.7 Å². The third-order valence-corrected chi connectivity index (χ3v) is 4.53. The number of hydrogen-bond donors (Lipinski definition) is 2. The number of allylic oxidation sites excluding steroid dienone is 2. The SMILES string of the molecule is [2H]/C(=C/C[C@@H]1C(=O)CC[C@H]1CC(=O)N[C@H](C(=O)O)[C@@H](C)CC)C([2H])([2H])C([2H])([2H])[2H]. The van der Waals surface area contributed by atoms with Crippen molar-refractivity contribution in [2.24, 2.45) is 17.8 Å². The zero-order chi connectivity index (χ0) is 22.6. The van der Waals surface area contributed by atoms with E-state index in [2.05, 4.69) is 5.32 Å². The van der Waals surface area contributed by atoms with Crippen molar-refractivity contribution in [1.29, 1.82) is 0 Å². The Morgan fingerprint density at radius 1 is 1.61 bits per heavy atom. The van der Waals surface area contributed by atoms with Gasteiger partial charge in [-0.1, -0.05) is 39.2 Å². The summed E-state index contributed by atoms with van der Waals surface area (Å²) in [5.41, 5.74) is 0. The summed E-state index contributed by atoms with van der Waals surface area (Å²) in [5.74, 6) is -2.97. The minimum atomic E-state index is -3.00. The molecule has 0 aromatic rings. The Balaban J connectivity index is 2.83. The average molecular weight is 329 g/mol. The van der Waals surface area contributed by atoms with Crippen LogP contribution in [-0.4, -0.2) is 28.8 Å². The van der Waals surface area contributed by atoms with Gasteiger partial charge in [-0.15, -0.1) is 0 Å². The van der Waals surface area contributed by atoms with Crippen LogP contribution in [0.3, 0.4) is 0 Å². The van der Waals surface area contributed by atoms with Crippen molar-refractivity contribution in [1.82, 2.24) is 5.32 Å². The maximum Gasteiger partial charge on any atom is 0.326 e. The van der Waals surface area contributed by atoms with Gasteiger partial charge in [-0.25, -0.2) is 4.79 Å². The monoisotopic (exact) mass is 329 g/mol. The predicted octanol–water partition coefficient (Wildman–Crippen LogP) is 2.94. The van der Waals surface area contributed by atoms with Gasteiger partial charge in [0, 0.05) is 25.6 Å². The molecule has 1 aliphatic rings. The summed E-state index contributed by atoms with van der Waals surface area (Å²) in [5, 5.41) is 11.8. The summed E-state index contributed by atoms with van der Waals surface area (Å²) in [6, 6.07) is -1.74. The zero-order valence-corrected chi connectivity index (χ0v) is 13.6. The molecule has 1 rings (SSSR count). The van der Waals surface area contributed by atoms with Crippen molar-refractivity contribution in [3.63, 3.8) is 0 Å². The molecule has 1 fully saturated rings. The summed E-state index contributed by atoms with van der Waals surface area (Å²) in [6.07, 6.45) is -0.556. The van der Waals surface area contributed by atoms with Crippen LogP contribution in [-0.2, 0) is 14.4 Å². The van der Waals surface area contributed by atoms with Crippen LogP contribution in [0.25, 0.3) is 0 Å². The van der Waals surface area contributed by atoms with Gasteiger partial charge in [-0.3, -0.25) is 9.59 Å². The lowest BCUT2D eigenvalue weighted by Gasteiger charge is -2.22. The fourth-order valence-electron chi connectivity index (χ4n) is 2.94. The number of carboxylic acid groups (broad SMARTS) is 1. The molecule has 0 bridgehead atoms. The molecule has 0 aromatic heterocycles. The first-order chi connectivity index (χ1) is 13.2. The van der Waals surface area contributed by atoms with Crippen molar-refractivity contribution in [2.75, 3.05) is 0 Å². The highest BCUT2D eigenvalue weighted by Crippen LogP contribution is 2.34. The normalized spacial score (nSPS) is 29.3. The molecule has 1 aliphatic carbocycles. The van der Waals surface area contributed by atoms with Crippen LogP contribution in [0.4, 0.5) is 0 Å². The predicted molar refractivity (Wildman–Crippen MR) is 88.9 cm³/mol. The molecule has 23 heavy (non-hydrogen) atoms. The fourth-order valence-corrected chi connectivity index (χ4v) is 2.94. The number of nitrogens with one attached hydrogen (secondary N) is 1. The zero-order valence-electron chi connectivity index (χ0n) is 19.6. The molecular weight excluding hydrogens is 294 g/mol. The average Bonchev–Trinajstić information content (AvgIpc) is 2.95. The molecule has 2 N–H and O–H groups in total. The number of hydrogen-bond acceptors (Lipinski definition) is 3. The van der Waals surface area contributed by atoms with Gasteiger partial charge in [-0.05, 0) is 31.1 Å². The third kappa shape index (κ3) is 5.81. The Kier molecular flexibility index (Phi) is 4.87. The minimum Gasteiger partial charge on any atom is -0.480 e. The highest BCUT2D eigenvalue weighted by atomic mass is 16.4. The van der Waals surface area contributed by atoms with Gasteiger partial charge >= 0.3 is 5.97 Å². The lowest BCUT2D eigenvalue weighted by atomic mass is 9.89. The van der Waals surface area contributed by atoms with Crippen molar-refractivity contribution in [3.8, 4) is 0 Å². The standard InChI is InChI=1S/C18H29NO4/c1-4-6-7-8-14-13(9-10-15(14)20)11-16(21)19-17(18(22)23)12(3)5-2/h6-7,12-14,17H,4-5,8-11H2,1-3H3,(H,19,21)(H,22,23)/b7-6-/t12-,13-,14-,17-/m0/s1/i1D3,4D2,6D. The number of Topliss-reactive ketones (excluding diaryl/α,β-unsaturated/α-hetero) is 1. The molecule has 1 saturated carbocycles. The van der Waals surface area contributed by atoms with E-state index in [9.17, 15) is 19.5 Å². The van der Waals surface area contributed by atoms with E-state index < -0.39 is 43.1 Å². The molecule has 1 amide bonds. The number of amides is 1. The van der Waals surface area contributed by atoms with Crippen LogP contribution in [0, 0.1) is 17.8 Å². The molecule has 5 heteroatoms. The van der Waals surface area contributed by atoms with Crippen molar-refractivity contribution in [2.45, 2.75) is 65.2 Å². The number of rotatable bonds is 9. The second-order valence-corrected chi connectivity index (χ2v) is 6.05. The lowest BCUT2D eigenvalue weighted by molar-refractivity contribution is -0.143. The van der Waals surface area contributed by atoms with E-state index in [0.717, 1.165) is 6.08 Å². The van der Waals surface area contributed by atoms with Gasteiger partial charge in [0.1, 0.15) is 11.8 Å². The lowest BCUT2D eigenvalue weighted by Crippen LogP contribution is -2.45. The fraction of sp³-hybridized carbons (Fsp3) is 0.722. The molecule has 130 valence electrons. The summed E-state index contributed by atoms with van der Waals surface area (Å²) in [4.78, 5) is 35.9. The maximum atomic E-state index is 12.3. The molecule has 4 atom stereocenters. The molecule has 0 saturated heterocycles. The van der Waals surface area contributed by atoms with E-state index in [4.69, 9.17) is 8.22 Å². The van der Waals surface area contributed by atoms with Crippen molar-refractivity contribution >= 4 is 17.7 Å². The van der Waals surface area contributed by atoms with Gasteiger partial charge in [0.15, 0.2) is 0 Å². The number of carbonyl (C=O) groups is 3. The highest BCUT2D eigenvalue weighted by molar-refractivity contribution is 5.87. The first-order valence-corrected chi connectivity index (χ1v) is 7.94. The van der Waals surface area contributed by atoms with Crippen LogP contribution in [0.5, 0.6) is 0 Å². The van der Waals surface area contributed by atoms with E-state index in [0.29, 0.717) is 12.8 Å². The Bertz CT molecular complexity index is 661. The van der Waals surface area contributed by atoms with E-state index in [1.807, 2.05) is 6.92 Å². The minimum absolute atomic E-state index is 0.0288. The molecule has 0 radical (unpaired) electrons. The number of carbonyl (C=O) groups excluding carboxylic acids is 2.